The average Bonchev–Trinajstić information content (AvgIpc) is 1.86. The second-order valence-corrected chi connectivity index (χ2v) is 3.13. The highest BCUT2D eigenvalue weighted by Gasteiger charge is 2.15. The minimum Gasteiger partial charge on any atom is -0.369 e. The van der Waals surface area contributed by atoms with Crippen LogP contribution in [0.5, 0.6) is 0 Å². The smallest absolute Gasteiger partial charge is 0.220 e. The number of amides is 1. The Hall–Kier alpha value is -0.860. The van der Waals surface area contributed by atoms with Gasteiger partial charge < -0.3 is 10.5 Å². The number of aldehydes is 1. The highest BCUT2D eigenvalue weighted by atomic mass is 16.1. The van der Waals surface area contributed by atoms with Gasteiger partial charge in [0.25, 0.3) is 0 Å². The van der Waals surface area contributed by atoms with E-state index in [9.17, 15) is 9.59 Å². The number of hydrogen-bond acceptors (Lipinski definition) is 2. The Morgan fingerprint density at radius 1 is 1.55 bits per heavy atom. The van der Waals surface area contributed by atoms with E-state index in [-0.39, 0.29) is 18.2 Å². The summed E-state index contributed by atoms with van der Waals surface area (Å²) in [6.45, 7) is 4.00. The summed E-state index contributed by atoms with van der Waals surface area (Å²) in [5.41, 5.74) is 5.07. The van der Waals surface area contributed by atoms with Gasteiger partial charge in [-0.25, -0.2) is 0 Å². The first-order valence-electron chi connectivity index (χ1n) is 3.80. The van der Waals surface area contributed by atoms with Crippen molar-refractivity contribution in [3.05, 3.63) is 0 Å². The van der Waals surface area contributed by atoms with Crippen LogP contribution in [0.3, 0.4) is 0 Å². The van der Waals surface area contributed by atoms with Gasteiger partial charge in [0.2, 0.25) is 5.91 Å². The summed E-state index contributed by atoms with van der Waals surface area (Å²) in [6.07, 6.45) is 1.71. The monoisotopic (exact) mass is 157 g/mol. The molecule has 0 saturated heterocycles. The predicted molar refractivity (Wildman–Crippen MR) is 42.8 cm³/mol. The lowest BCUT2D eigenvalue weighted by Crippen LogP contribution is -2.24. The molecule has 0 rings (SSSR count). The second-order valence-electron chi connectivity index (χ2n) is 3.13. The molecule has 0 aromatic heterocycles. The molecule has 0 aliphatic rings. The number of nitrogens with two attached hydrogens (primary N) is 1. The van der Waals surface area contributed by atoms with Crippen LogP contribution in [0, 0.1) is 11.8 Å². The van der Waals surface area contributed by atoms with Crippen LogP contribution < -0.4 is 5.73 Å². The van der Waals surface area contributed by atoms with Crippen molar-refractivity contribution in [2.75, 3.05) is 0 Å². The Labute approximate surface area is 67.0 Å². The maximum absolute atomic E-state index is 10.7. The molecule has 0 aliphatic heterocycles. The van der Waals surface area contributed by atoms with Crippen LogP contribution in [0.25, 0.3) is 0 Å². The molecule has 0 radical (unpaired) electrons. The number of carbonyl (C=O) groups excluding carboxylic acids is 2. The van der Waals surface area contributed by atoms with Gasteiger partial charge in [-0.05, 0) is 12.3 Å². The molecule has 64 valence electrons. The van der Waals surface area contributed by atoms with E-state index in [0.29, 0.717) is 12.3 Å². The van der Waals surface area contributed by atoms with Gasteiger partial charge in [-0.2, -0.15) is 0 Å². The highest BCUT2D eigenvalue weighted by molar-refractivity contribution is 5.79. The summed E-state index contributed by atoms with van der Waals surface area (Å²) >= 11 is 0. The van der Waals surface area contributed by atoms with E-state index >= 15 is 0 Å². The van der Waals surface area contributed by atoms with E-state index in [4.69, 9.17) is 5.73 Å². The fourth-order valence-corrected chi connectivity index (χ4v) is 1.01. The first-order chi connectivity index (χ1) is 5.07. The zero-order chi connectivity index (χ0) is 8.85. The van der Waals surface area contributed by atoms with E-state index in [1.54, 1.807) is 0 Å². The SMILES string of the molecule is CC(C)CC(CC=O)C(N)=O. The molecule has 0 aromatic rings. The molecule has 3 heteroatoms. The molecule has 0 heterocycles. The van der Waals surface area contributed by atoms with Gasteiger partial charge >= 0.3 is 0 Å². The molecular formula is C8H15NO2. The summed E-state index contributed by atoms with van der Waals surface area (Å²) in [5, 5.41) is 0. The Kier molecular flexibility index (Phi) is 4.50. The minimum atomic E-state index is -0.370. The van der Waals surface area contributed by atoms with Gasteiger partial charge in [-0.3, -0.25) is 4.79 Å². The summed E-state index contributed by atoms with van der Waals surface area (Å²) in [4.78, 5) is 20.8. The molecule has 1 amide bonds. The predicted octanol–water partition coefficient (Wildman–Crippen LogP) is 0.723. The molecule has 0 saturated carbocycles. The molecule has 0 spiro atoms. The van der Waals surface area contributed by atoms with Crippen LogP contribution >= 0.6 is 0 Å². The van der Waals surface area contributed by atoms with E-state index in [0.717, 1.165) is 6.29 Å². The Morgan fingerprint density at radius 2 is 2.09 bits per heavy atom. The van der Waals surface area contributed by atoms with Gasteiger partial charge in [0.05, 0.1) is 0 Å². The molecule has 1 atom stereocenters. The van der Waals surface area contributed by atoms with E-state index in [1.165, 1.54) is 0 Å². The van der Waals surface area contributed by atoms with Crippen molar-refractivity contribution in [2.45, 2.75) is 26.7 Å². The van der Waals surface area contributed by atoms with Crippen LogP contribution in [0.1, 0.15) is 26.7 Å². The molecule has 1 unspecified atom stereocenters. The average molecular weight is 157 g/mol. The normalized spacial score (nSPS) is 13.0. The standard InChI is InChI=1S/C8H15NO2/c1-6(2)5-7(3-4-10)8(9)11/h4,6-7H,3,5H2,1-2H3,(H2,9,11). The van der Waals surface area contributed by atoms with E-state index in [2.05, 4.69) is 0 Å². The molecule has 0 aromatic carbocycles. The Bertz CT molecular complexity index is 143. The molecule has 2 N–H and O–H groups in total. The minimum absolute atomic E-state index is 0.257. The summed E-state index contributed by atoms with van der Waals surface area (Å²) in [6, 6.07) is 0. The van der Waals surface area contributed by atoms with Crippen molar-refractivity contribution in [2.24, 2.45) is 17.6 Å². The van der Waals surface area contributed by atoms with Gasteiger partial charge in [0.15, 0.2) is 0 Å². The van der Waals surface area contributed by atoms with Gasteiger partial charge in [0, 0.05) is 12.3 Å². The molecule has 0 fully saturated rings. The zero-order valence-electron chi connectivity index (χ0n) is 7.04. The van der Waals surface area contributed by atoms with Gasteiger partial charge in [0.1, 0.15) is 6.29 Å². The van der Waals surface area contributed by atoms with Gasteiger partial charge in [-0.1, -0.05) is 13.8 Å². The van der Waals surface area contributed by atoms with E-state index < -0.39 is 0 Å². The third-order valence-corrected chi connectivity index (χ3v) is 1.54. The van der Waals surface area contributed by atoms with Crippen LogP contribution in [-0.2, 0) is 9.59 Å². The summed E-state index contributed by atoms with van der Waals surface area (Å²) in [7, 11) is 0. The lowest BCUT2D eigenvalue weighted by molar-refractivity contribution is -0.124. The van der Waals surface area contributed by atoms with Crippen molar-refractivity contribution in [1.82, 2.24) is 0 Å². The van der Waals surface area contributed by atoms with Crippen molar-refractivity contribution < 1.29 is 9.59 Å². The fourth-order valence-electron chi connectivity index (χ4n) is 1.01. The summed E-state index contributed by atoms with van der Waals surface area (Å²) < 4.78 is 0. The van der Waals surface area contributed by atoms with E-state index in [1.807, 2.05) is 13.8 Å². The molecule has 0 bridgehead atoms. The van der Waals surface area contributed by atoms with Gasteiger partial charge in [-0.15, -0.1) is 0 Å². The second kappa shape index (κ2) is 4.88. The first-order valence-corrected chi connectivity index (χ1v) is 3.80. The van der Waals surface area contributed by atoms with Crippen molar-refractivity contribution in [3.8, 4) is 0 Å². The quantitative estimate of drug-likeness (QED) is 0.598. The van der Waals surface area contributed by atoms with Crippen molar-refractivity contribution in [3.63, 3.8) is 0 Å². The van der Waals surface area contributed by atoms with Crippen molar-refractivity contribution >= 4 is 12.2 Å². The Morgan fingerprint density at radius 3 is 2.36 bits per heavy atom. The zero-order valence-corrected chi connectivity index (χ0v) is 7.04. The highest BCUT2D eigenvalue weighted by Crippen LogP contribution is 2.13. The number of carbonyl (C=O) groups is 2. The maximum Gasteiger partial charge on any atom is 0.220 e. The van der Waals surface area contributed by atoms with Crippen LogP contribution in [-0.4, -0.2) is 12.2 Å². The maximum atomic E-state index is 10.7. The van der Waals surface area contributed by atoms with Crippen LogP contribution in [0.15, 0.2) is 0 Å². The number of primary amides is 1. The third kappa shape index (κ3) is 4.53. The molecule has 11 heavy (non-hydrogen) atoms. The largest absolute Gasteiger partial charge is 0.369 e. The molecule has 0 aliphatic carbocycles. The fraction of sp³-hybridized carbons (Fsp3) is 0.750. The lowest BCUT2D eigenvalue weighted by Gasteiger charge is -2.11. The first kappa shape index (κ1) is 10.1. The third-order valence-electron chi connectivity index (χ3n) is 1.54. The number of rotatable bonds is 5. The number of hydrogen-bond donors (Lipinski definition) is 1. The van der Waals surface area contributed by atoms with Crippen LogP contribution in [0.2, 0.25) is 0 Å². The topological polar surface area (TPSA) is 60.2 Å². The Balaban J connectivity index is 3.88. The van der Waals surface area contributed by atoms with Crippen molar-refractivity contribution in [1.29, 1.82) is 0 Å². The molecule has 3 nitrogen and oxygen atoms in total. The summed E-state index contributed by atoms with van der Waals surface area (Å²) in [5.74, 6) is -0.231. The lowest BCUT2D eigenvalue weighted by atomic mass is 9.94. The molecular weight excluding hydrogens is 142 g/mol. The van der Waals surface area contributed by atoms with Crippen LogP contribution in [0.4, 0.5) is 0 Å².